The lowest BCUT2D eigenvalue weighted by molar-refractivity contribution is 0.421. The molecule has 0 bridgehead atoms. The topological polar surface area (TPSA) is 30.2 Å². The van der Waals surface area contributed by atoms with Crippen molar-refractivity contribution in [2.24, 2.45) is 0 Å². The van der Waals surface area contributed by atoms with E-state index in [1.165, 1.54) is 24.8 Å². The summed E-state index contributed by atoms with van der Waals surface area (Å²) in [7, 11) is 0. The van der Waals surface area contributed by atoms with Crippen LogP contribution >= 0.6 is 0 Å². The van der Waals surface area contributed by atoms with Crippen molar-refractivity contribution in [3.63, 3.8) is 0 Å². The molecule has 1 aliphatic carbocycles. The zero-order chi connectivity index (χ0) is 8.67. The molecule has 0 unspecified atom stereocenters. The standard InChI is InChI=1S/C10H11N3/c1-3-8(4-1)9-5-2-6-13-7-11-12-10(9)13/h2,5-8H,1,3-4H2. The summed E-state index contributed by atoms with van der Waals surface area (Å²) in [6.45, 7) is 0. The van der Waals surface area contributed by atoms with E-state index >= 15 is 0 Å². The summed E-state index contributed by atoms with van der Waals surface area (Å²) in [5.41, 5.74) is 2.40. The van der Waals surface area contributed by atoms with Gasteiger partial charge in [0.25, 0.3) is 0 Å². The highest BCUT2D eigenvalue weighted by atomic mass is 15.2. The van der Waals surface area contributed by atoms with Gasteiger partial charge in [0.2, 0.25) is 0 Å². The van der Waals surface area contributed by atoms with Crippen molar-refractivity contribution >= 4 is 5.65 Å². The van der Waals surface area contributed by atoms with Gasteiger partial charge >= 0.3 is 0 Å². The van der Waals surface area contributed by atoms with E-state index in [9.17, 15) is 0 Å². The van der Waals surface area contributed by atoms with Gasteiger partial charge in [0.15, 0.2) is 5.65 Å². The maximum Gasteiger partial charge on any atom is 0.164 e. The molecule has 66 valence electrons. The predicted molar refractivity (Wildman–Crippen MR) is 49.6 cm³/mol. The maximum absolute atomic E-state index is 4.13. The van der Waals surface area contributed by atoms with Crippen LogP contribution in [0.4, 0.5) is 0 Å². The van der Waals surface area contributed by atoms with E-state index < -0.39 is 0 Å². The second-order valence-electron chi connectivity index (χ2n) is 3.65. The molecule has 1 saturated carbocycles. The average Bonchev–Trinajstić information content (AvgIpc) is 2.49. The largest absolute Gasteiger partial charge is 0.289 e. The molecular formula is C10H11N3. The van der Waals surface area contributed by atoms with Gasteiger partial charge in [-0.2, -0.15) is 0 Å². The Morgan fingerprint density at radius 2 is 2.31 bits per heavy atom. The molecular weight excluding hydrogens is 162 g/mol. The maximum atomic E-state index is 4.13. The Kier molecular flexibility index (Phi) is 1.39. The molecule has 2 aromatic rings. The van der Waals surface area contributed by atoms with Crippen LogP contribution in [0.25, 0.3) is 5.65 Å². The Morgan fingerprint density at radius 1 is 1.38 bits per heavy atom. The number of hydrogen-bond acceptors (Lipinski definition) is 2. The first-order chi connectivity index (χ1) is 6.45. The number of rotatable bonds is 1. The Balaban J connectivity index is 2.20. The summed E-state index contributed by atoms with van der Waals surface area (Å²) in [6.07, 6.45) is 7.74. The fourth-order valence-corrected chi connectivity index (χ4v) is 1.91. The molecule has 3 nitrogen and oxygen atoms in total. The van der Waals surface area contributed by atoms with Crippen LogP contribution in [0.5, 0.6) is 0 Å². The van der Waals surface area contributed by atoms with Gasteiger partial charge in [-0.15, -0.1) is 10.2 Å². The SMILES string of the molecule is c1cc(C2CCC2)c2nncn2c1. The van der Waals surface area contributed by atoms with Crippen molar-refractivity contribution in [2.45, 2.75) is 25.2 Å². The fraction of sp³-hybridized carbons (Fsp3) is 0.400. The molecule has 3 rings (SSSR count). The number of nitrogens with zero attached hydrogens (tertiary/aromatic N) is 3. The molecule has 0 radical (unpaired) electrons. The Hall–Kier alpha value is -1.38. The smallest absolute Gasteiger partial charge is 0.164 e. The molecule has 13 heavy (non-hydrogen) atoms. The molecule has 3 heteroatoms. The average molecular weight is 173 g/mol. The fourth-order valence-electron chi connectivity index (χ4n) is 1.91. The molecule has 2 aromatic heterocycles. The van der Waals surface area contributed by atoms with E-state index in [2.05, 4.69) is 22.3 Å². The van der Waals surface area contributed by atoms with Gasteiger partial charge in [-0.05, 0) is 24.8 Å². The first-order valence-electron chi connectivity index (χ1n) is 4.73. The molecule has 0 aromatic carbocycles. The van der Waals surface area contributed by atoms with Gasteiger partial charge in [0, 0.05) is 11.8 Å². The summed E-state index contributed by atoms with van der Waals surface area (Å²) in [5.74, 6) is 0.730. The van der Waals surface area contributed by atoms with Crippen LogP contribution in [-0.2, 0) is 0 Å². The minimum absolute atomic E-state index is 0.730. The highest BCUT2D eigenvalue weighted by Gasteiger charge is 2.22. The second kappa shape index (κ2) is 2.55. The van der Waals surface area contributed by atoms with E-state index in [0.717, 1.165) is 11.6 Å². The number of pyridine rings is 1. The lowest BCUT2D eigenvalue weighted by atomic mass is 9.80. The van der Waals surface area contributed by atoms with Crippen molar-refractivity contribution in [1.29, 1.82) is 0 Å². The molecule has 0 N–H and O–H groups in total. The zero-order valence-corrected chi connectivity index (χ0v) is 7.35. The van der Waals surface area contributed by atoms with E-state index in [0.29, 0.717) is 0 Å². The van der Waals surface area contributed by atoms with Crippen molar-refractivity contribution in [2.75, 3.05) is 0 Å². The summed E-state index contributed by atoms with van der Waals surface area (Å²) >= 11 is 0. The summed E-state index contributed by atoms with van der Waals surface area (Å²) in [4.78, 5) is 0. The van der Waals surface area contributed by atoms with Crippen molar-refractivity contribution in [3.05, 3.63) is 30.2 Å². The van der Waals surface area contributed by atoms with Gasteiger partial charge in [-0.1, -0.05) is 12.5 Å². The lowest BCUT2D eigenvalue weighted by Crippen LogP contribution is -2.10. The molecule has 0 saturated heterocycles. The molecule has 1 aliphatic rings. The van der Waals surface area contributed by atoms with Crippen LogP contribution < -0.4 is 0 Å². The Morgan fingerprint density at radius 3 is 3.08 bits per heavy atom. The second-order valence-corrected chi connectivity index (χ2v) is 3.65. The first kappa shape index (κ1) is 7.06. The molecule has 2 heterocycles. The van der Waals surface area contributed by atoms with Gasteiger partial charge in [-0.3, -0.25) is 4.40 Å². The van der Waals surface area contributed by atoms with E-state index in [-0.39, 0.29) is 0 Å². The van der Waals surface area contributed by atoms with Crippen LogP contribution in [0.3, 0.4) is 0 Å². The lowest BCUT2D eigenvalue weighted by Gasteiger charge is -2.25. The van der Waals surface area contributed by atoms with Crippen LogP contribution in [-0.4, -0.2) is 14.6 Å². The summed E-state index contributed by atoms with van der Waals surface area (Å²) in [6, 6.07) is 4.25. The molecule has 1 fully saturated rings. The van der Waals surface area contributed by atoms with Crippen LogP contribution in [0.1, 0.15) is 30.7 Å². The quantitative estimate of drug-likeness (QED) is 0.660. The van der Waals surface area contributed by atoms with E-state index in [4.69, 9.17) is 0 Å². The van der Waals surface area contributed by atoms with Gasteiger partial charge in [0.1, 0.15) is 6.33 Å². The van der Waals surface area contributed by atoms with Crippen LogP contribution in [0, 0.1) is 0 Å². The van der Waals surface area contributed by atoms with Gasteiger partial charge < -0.3 is 0 Å². The monoisotopic (exact) mass is 173 g/mol. The molecule has 0 atom stereocenters. The van der Waals surface area contributed by atoms with Crippen LogP contribution in [0.2, 0.25) is 0 Å². The minimum Gasteiger partial charge on any atom is -0.289 e. The number of aromatic nitrogens is 3. The number of fused-ring (bicyclic) bond motifs is 1. The Bertz CT molecular complexity index is 428. The molecule has 0 spiro atoms. The Labute approximate surface area is 76.4 Å². The third-order valence-electron chi connectivity index (χ3n) is 2.90. The van der Waals surface area contributed by atoms with E-state index in [1.807, 2.05) is 10.6 Å². The van der Waals surface area contributed by atoms with Crippen molar-refractivity contribution in [3.8, 4) is 0 Å². The molecule has 0 amide bonds. The predicted octanol–water partition coefficient (Wildman–Crippen LogP) is 2.00. The summed E-state index contributed by atoms with van der Waals surface area (Å²) in [5, 5.41) is 8.05. The van der Waals surface area contributed by atoms with Crippen molar-refractivity contribution < 1.29 is 0 Å². The molecule has 0 aliphatic heterocycles. The highest BCUT2D eigenvalue weighted by Crippen LogP contribution is 2.37. The third kappa shape index (κ3) is 0.963. The van der Waals surface area contributed by atoms with Gasteiger partial charge in [0.05, 0.1) is 0 Å². The van der Waals surface area contributed by atoms with Crippen LogP contribution in [0.15, 0.2) is 24.7 Å². The normalized spacial score (nSPS) is 17.5. The number of hydrogen-bond donors (Lipinski definition) is 0. The highest BCUT2D eigenvalue weighted by molar-refractivity contribution is 5.48. The zero-order valence-electron chi connectivity index (χ0n) is 7.35. The minimum atomic E-state index is 0.730. The van der Waals surface area contributed by atoms with E-state index in [1.54, 1.807) is 6.33 Å². The third-order valence-corrected chi connectivity index (χ3v) is 2.90. The van der Waals surface area contributed by atoms with Gasteiger partial charge in [-0.25, -0.2) is 0 Å². The first-order valence-corrected chi connectivity index (χ1v) is 4.73. The summed E-state index contributed by atoms with van der Waals surface area (Å²) < 4.78 is 1.99. The van der Waals surface area contributed by atoms with Crippen molar-refractivity contribution in [1.82, 2.24) is 14.6 Å².